The summed E-state index contributed by atoms with van der Waals surface area (Å²) >= 11 is 0. The lowest BCUT2D eigenvalue weighted by Gasteiger charge is -2.14. The Kier molecular flexibility index (Phi) is 5.52. The molecule has 110 valence electrons. The fourth-order valence-corrected chi connectivity index (χ4v) is 1.97. The molecule has 0 fully saturated rings. The highest BCUT2D eigenvalue weighted by atomic mass is 16.5. The van der Waals surface area contributed by atoms with Gasteiger partial charge in [-0.25, -0.2) is 0 Å². The van der Waals surface area contributed by atoms with Gasteiger partial charge in [-0.05, 0) is 19.1 Å². The molecule has 1 aromatic heterocycles. The van der Waals surface area contributed by atoms with Gasteiger partial charge in [0.25, 0.3) is 0 Å². The van der Waals surface area contributed by atoms with Crippen LogP contribution in [0.15, 0.2) is 48.8 Å². The highest BCUT2D eigenvalue weighted by molar-refractivity contribution is 5.57. The van der Waals surface area contributed by atoms with E-state index in [1.165, 1.54) is 0 Å². The maximum absolute atomic E-state index is 6.07. The number of para-hydroxylation sites is 1. The number of benzene rings is 1. The Morgan fingerprint density at radius 2 is 2.00 bits per heavy atom. The van der Waals surface area contributed by atoms with Crippen LogP contribution in [0.5, 0.6) is 11.5 Å². The van der Waals surface area contributed by atoms with Gasteiger partial charge in [0.2, 0.25) is 0 Å². The number of hydrogen-bond donors (Lipinski definition) is 1. The predicted octanol–water partition coefficient (Wildman–Crippen LogP) is 4.41. The highest BCUT2D eigenvalue weighted by Gasteiger charge is 2.07. The third-order valence-corrected chi connectivity index (χ3v) is 3.06. The topological polar surface area (TPSA) is 34.1 Å². The van der Waals surface area contributed by atoms with Gasteiger partial charge in [0.05, 0.1) is 6.20 Å². The molecule has 0 radical (unpaired) electrons. The molecule has 2 aromatic rings. The van der Waals surface area contributed by atoms with Crippen LogP contribution in [0.4, 0.5) is 0 Å². The zero-order valence-corrected chi connectivity index (χ0v) is 12.8. The first kappa shape index (κ1) is 15.3. The molecule has 0 aliphatic rings. The summed E-state index contributed by atoms with van der Waals surface area (Å²) in [6.07, 6.45) is 7.61. The van der Waals surface area contributed by atoms with Crippen molar-refractivity contribution in [3.8, 4) is 11.5 Å². The number of ether oxygens (including phenoxy) is 1. The Labute approximate surface area is 126 Å². The number of rotatable bonds is 6. The second kappa shape index (κ2) is 7.60. The fraction of sp³-hybridized carbons (Fsp3) is 0.278. The zero-order valence-electron chi connectivity index (χ0n) is 12.8. The minimum atomic E-state index is 0.432. The van der Waals surface area contributed by atoms with Crippen molar-refractivity contribution >= 4 is 6.08 Å². The standard InChI is InChI=1S/C18H22N2O/c1-4-7-15-8-5-6-9-17(15)21-18-13-19-11-10-16(18)12-20-14(2)3/h4-11,13-14,20H,12H2,1-3H3/b7-4+. The van der Waals surface area contributed by atoms with E-state index in [1.54, 1.807) is 12.4 Å². The molecule has 21 heavy (non-hydrogen) atoms. The Morgan fingerprint density at radius 3 is 2.76 bits per heavy atom. The van der Waals surface area contributed by atoms with Gasteiger partial charge in [0, 0.05) is 29.9 Å². The quantitative estimate of drug-likeness (QED) is 0.852. The summed E-state index contributed by atoms with van der Waals surface area (Å²) in [6, 6.07) is 10.4. The molecule has 0 unspecified atom stereocenters. The Hall–Kier alpha value is -2.13. The third-order valence-electron chi connectivity index (χ3n) is 3.06. The van der Waals surface area contributed by atoms with Crippen LogP contribution in [0.25, 0.3) is 6.08 Å². The fourth-order valence-electron chi connectivity index (χ4n) is 1.97. The first-order valence-corrected chi connectivity index (χ1v) is 7.26. The number of allylic oxidation sites excluding steroid dienone is 1. The summed E-state index contributed by atoms with van der Waals surface area (Å²) < 4.78 is 6.07. The number of aromatic nitrogens is 1. The Balaban J connectivity index is 2.23. The summed E-state index contributed by atoms with van der Waals surface area (Å²) in [4.78, 5) is 4.17. The Morgan fingerprint density at radius 1 is 1.19 bits per heavy atom. The van der Waals surface area contributed by atoms with E-state index in [2.05, 4.69) is 24.1 Å². The van der Waals surface area contributed by atoms with Crippen molar-refractivity contribution in [3.05, 3.63) is 59.9 Å². The normalized spacial score (nSPS) is 11.2. The molecule has 2 rings (SSSR count). The molecule has 0 spiro atoms. The van der Waals surface area contributed by atoms with Crippen LogP contribution in [-0.4, -0.2) is 11.0 Å². The number of nitrogens with zero attached hydrogens (tertiary/aromatic N) is 1. The largest absolute Gasteiger partial charge is 0.455 e. The first-order chi connectivity index (χ1) is 10.2. The summed E-state index contributed by atoms with van der Waals surface area (Å²) in [5, 5.41) is 3.41. The molecular formula is C18H22N2O. The van der Waals surface area contributed by atoms with Crippen molar-refractivity contribution in [2.24, 2.45) is 0 Å². The maximum Gasteiger partial charge on any atom is 0.150 e. The van der Waals surface area contributed by atoms with Crippen molar-refractivity contribution in [1.29, 1.82) is 0 Å². The lowest BCUT2D eigenvalue weighted by atomic mass is 10.2. The molecule has 1 heterocycles. The molecule has 3 nitrogen and oxygen atoms in total. The average Bonchev–Trinajstić information content (AvgIpc) is 2.48. The molecule has 0 aliphatic carbocycles. The van der Waals surface area contributed by atoms with Crippen LogP contribution in [-0.2, 0) is 6.54 Å². The van der Waals surface area contributed by atoms with Crippen LogP contribution < -0.4 is 10.1 Å². The van der Waals surface area contributed by atoms with E-state index in [9.17, 15) is 0 Å². The van der Waals surface area contributed by atoms with E-state index >= 15 is 0 Å². The molecule has 0 aliphatic heterocycles. The summed E-state index contributed by atoms with van der Waals surface area (Å²) in [5.74, 6) is 1.64. The summed E-state index contributed by atoms with van der Waals surface area (Å²) in [6.45, 7) is 7.02. The smallest absolute Gasteiger partial charge is 0.150 e. The van der Waals surface area contributed by atoms with Gasteiger partial charge in [-0.3, -0.25) is 4.98 Å². The maximum atomic E-state index is 6.07. The lowest BCUT2D eigenvalue weighted by Crippen LogP contribution is -2.22. The van der Waals surface area contributed by atoms with Gasteiger partial charge in [-0.1, -0.05) is 44.2 Å². The van der Waals surface area contributed by atoms with E-state index < -0.39 is 0 Å². The second-order valence-electron chi connectivity index (χ2n) is 5.16. The molecule has 0 saturated heterocycles. The van der Waals surface area contributed by atoms with Gasteiger partial charge in [-0.15, -0.1) is 0 Å². The molecule has 3 heteroatoms. The number of nitrogens with one attached hydrogen (secondary N) is 1. The van der Waals surface area contributed by atoms with Crippen LogP contribution in [0.3, 0.4) is 0 Å². The molecule has 0 bridgehead atoms. The van der Waals surface area contributed by atoms with Crippen LogP contribution in [0.2, 0.25) is 0 Å². The van der Waals surface area contributed by atoms with E-state index in [4.69, 9.17) is 4.74 Å². The second-order valence-corrected chi connectivity index (χ2v) is 5.16. The van der Waals surface area contributed by atoms with E-state index in [0.717, 1.165) is 29.2 Å². The minimum absolute atomic E-state index is 0.432. The summed E-state index contributed by atoms with van der Waals surface area (Å²) in [5.41, 5.74) is 2.17. The number of pyridine rings is 1. The molecule has 1 N–H and O–H groups in total. The lowest BCUT2D eigenvalue weighted by molar-refractivity contribution is 0.466. The van der Waals surface area contributed by atoms with Crippen molar-refractivity contribution in [3.63, 3.8) is 0 Å². The SMILES string of the molecule is C/C=C/c1ccccc1Oc1cnccc1CNC(C)C. The van der Waals surface area contributed by atoms with Crippen LogP contribution >= 0.6 is 0 Å². The van der Waals surface area contributed by atoms with Crippen molar-refractivity contribution in [2.75, 3.05) is 0 Å². The minimum Gasteiger partial charge on any atom is -0.455 e. The van der Waals surface area contributed by atoms with Gasteiger partial charge in [0.1, 0.15) is 11.5 Å². The first-order valence-electron chi connectivity index (χ1n) is 7.26. The predicted molar refractivity (Wildman–Crippen MR) is 87.4 cm³/mol. The van der Waals surface area contributed by atoms with Crippen LogP contribution in [0, 0.1) is 0 Å². The monoisotopic (exact) mass is 282 g/mol. The van der Waals surface area contributed by atoms with E-state index in [1.807, 2.05) is 49.4 Å². The van der Waals surface area contributed by atoms with Gasteiger partial charge in [-0.2, -0.15) is 0 Å². The van der Waals surface area contributed by atoms with Gasteiger partial charge >= 0.3 is 0 Å². The van der Waals surface area contributed by atoms with Crippen molar-refractivity contribution in [2.45, 2.75) is 33.4 Å². The Bertz CT molecular complexity index is 606. The van der Waals surface area contributed by atoms with E-state index in [0.29, 0.717) is 6.04 Å². The molecule has 0 atom stereocenters. The molecule has 1 aromatic carbocycles. The zero-order chi connectivity index (χ0) is 15.1. The third kappa shape index (κ3) is 4.43. The van der Waals surface area contributed by atoms with Gasteiger partial charge in [0.15, 0.2) is 0 Å². The van der Waals surface area contributed by atoms with E-state index in [-0.39, 0.29) is 0 Å². The van der Waals surface area contributed by atoms with Crippen LogP contribution in [0.1, 0.15) is 31.9 Å². The molecular weight excluding hydrogens is 260 g/mol. The molecule has 0 saturated carbocycles. The van der Waals surface area contributed by atoms with Gasteiger partial charge < -0.3 is 10.1 Å². The highest BCUT2D eigenvalue weighted by Crippen LogP contribution is 2.28. The van der Waals surface area contributed by atoms with Crippen molar-refractivity contribution < 1.29 is 4.74 Å². The number of hydrogen-bond acceptors (Lipinski definition) is 3. The van der Waals surface area contributed by atoms with Crippen molar-refractivity contribution in [1.82, 2.24) is 10.3 Å². The summed E-state index contributed by atoms with van der Waals surface area (Å²) in [7, 11) is 0. The molecule has 0 amide bonds. The average molecular weight is 282 g/mol.